The lowest BCUT2D eigenvalue weighted by Gasteiger charge is -2.21. The van der Waals surface area contributed by atoms with Crippen molar-refractivity contribution in [1.29, 1.82) is 0 Å². The molecule has 3 nitrogen and oxygen atoms in total. The highest BCUT2D eigenvalue weighted by atomic mass is 35.5. The molecular formula is C39H24ClNO2. The molecule has 0 radical (unpaired) electrons. The van der Waals surface area contributed by atoms with Gasteiger partial charge < -0.3 is 13.4 Å². The first-order valence-electron chi connectivity index (χ1n) is 14.6. The van der Waals surface area contributed by atoms with E-state index in [1.807, 2.05) is 24.3 Å². The molecule has 1 aliphatic carbocycles. The van der Waals surface area contributed by atoms with Gasteiger partial charge in [-0.15, -0.1) is 0 Å². The van der Waals surface area contributed by atoms with Gasteiger partial charge in [0.2, 0.25) is 0 Å². The predicted molar refractivity (Wildman–Crippen MR) is 178 cm³/mol. The van der Waals surface area contributed by atoms with E-state index < -0.39 is 0 Å². The molecule has 3 heterocycles. The summed E-state index contributed by atoms with van der Waals surface area (Å²) in [6.07, 6.45) is 0. The molecule has 0 bridgehead atoms. The van der Waals surface area contributed by atoms with Gasteiger partial charge in [0.1, 0.15) is 16.7 Å². The van der Waals surface area contributed by atoms with Gasteiger partial charge in [-0.25, -0.2) is 0 Å². The maximum atomic E-state index is 7.04. The van der Waals surface area contributed by atoms with Crippen molar-refractivity contribution in [2.45, 2.75) is 19.3 Å². The van der Waals surface area contributed by atoms with Gasteiger partial charge >= 0.3 is 0 Å². The van der Waals surface area contributed by atoms with Crippen LogP contribution in [0.1, 0.15) is 25.0 Å². The molecule has 0 spiro atoms. The number of furan rings is 2. The second-order valence-corrected chi connectivity index (χ2v) is 12.7. The Hall–Kier alpha value is -4.99. The molecule has 3 aromatic heterocycles. The largest absolute Gasteiger partial charge is 0.456 e. The van der Waals surface area contributed by atoms with E-state index in [4.69, 9.17) is 20.4 Å². The average molecular weight is 574 g/mol. The monoisotopic (exact) mass is 573 g/mol. The van der Waals surface area contributed by atoms with Gasteiger partial charge in [0.15, 0.2) is 5.58 Å². The lowest BCUT2D eigenvalue weighted by Crippen LogP contribution is -2.14. The predicted octanol–water partition coefficient (Wildman–Crippen LogP) is 11.5. The van der Waals surface area contributed by atoms with Crippen LogP contribution >= 0.6 is 11.6 Å². The molecule has 6 aromatic carbocycles. The van der Waals surface area contributed by atoms with Crippen LogP contribution in [0, 0.1) is 0 Å². The number of benzene rings is 6. The van der Waals surface area contributed by atoms with E-state index in [-0.39, 0.29) is 5.41 Å². The summed E-state index contributed by atoms with van der Waals surface area (Å²) in [6.45, 7) is 4.67. The third kappa shape index (κ3) is 2.90. The highest BCUT2D eigenvalue weighted by Crippen LogP contribution is 2.52. The number of nitrogens with zero attached hydrogens (tertiary/aromatic N) is 1. The Morgan fingerprint density at radius 2 is 1.28 bits per heavy atom. The third-order valence-electron chi connectivity index (χ3n) is 9.65. The Morgan fingerprint density at radius 3 is 2.14 bits per heavy atom. The molecule has 43 heavy (non-hydrogen) atoms. The van der Waals surface area contributed by atoms with E-state index in [1.165, 1.54) is 27.6 Å². The van der Waals surface area contributed by atoms with Crippen LogP contribution in [-0.4, -0.2) is 4.57 Å². The lowest BCUT2D eigenvalue weighted by molar-refractivity contribution is 0.661. The van der Waals surface area contributed by atoms with Crippen LogP contribution in [0.5, 0.6) is 0 Å². The topological polar surface area (TPSA) is 31.2 Å². The van der Waals surface area contributed by atoms with E-state index in [0.29, 0.717) is 5.02 Å². The minimum Gasteiger partial charge on any atom is -0.456 e. The van der Waals surface area contributed by atoms with E-state index in [1.54, 1.807) is 0 Å². The van der Waals surface area contributed by atoms with Crippen molar-refractivity contribution in [1.82, 2.24) is 4.57 Å². The van der Waals surface area contributed by atoms with Crippen LogP contribution in [0.2, 0.25) is 5.02 Å². The van der Waals surface area contributed by atoms with E-state index in [9.17, 15) is 0 Å². The van der Waals surface area contributed by atoms with E-state index in [0.717, 1.165) is 66.0 Å². The van der Waals surface area contributed by atoms with Gasteiger partial charge in [0, 0.05) is 43.4 Å². The molecule has 0 aliphatic heterocycles. The van der Waals surface area contributed by atoms with Crippen LogP contribution in [0.4, 0.5) is 0 Å². The highest BCUT2D eigenvalue weighted by molar-refractivity contribution is 6.40. The average Bonchev–Trinajstić information content (AvgIpc) is 3.74. The normalized spacial score (nSPS) is 14.1. The fourth-order valence-corrected chi connectivity index (χ4v) is 7.92. The number of rotatable bonds is 1. The second kappa shape index (κ2) is 7.89. The minimum absolute atomic E-state index is 0.118. The SMILES string of the molecule is CC1(C)c2ccccc2-c2cc3c(cc21)c1c2c(oc4ccccc42)c(Cl)cc1n3-c1ccc2oc3ccccc3c2c1. The molecule has 0 saturated carbocycles. The van der Waals surface area contributed by atoms with Crippen molar-refractivity contribution < 1.29 is 8.83 Å². The molecular weight excluding hydrogens is 550 g/mol. The molecule has 204 valence electrons. The van der Waals surface area contributed by atoms with Gasteiger partial charge in [-0.2, -0.15) is 0 Å². The highest BCUT2D eigenvalue weighted by Gasteiger charge is 2.36. The van der Waals surface area contributed by atoms with Gasteiger partial charge in [0.25, 0.3) is 0 Å². The third-order valence-corrected chi connectivity index (χ3v) is 9.93. The summed E-state index contributed by atoms with van der Waals surface area (Å²) in [5.74, 6) is 0. The molecule has 0 saturated heterocycles. The Kier molecular flexibility index (Phi) is 4.32. The zero-order valence-corrected chi connectivity index (χ0v) is 24.3. The second-order valence-electron chi connectivity index (χ2n) is 12.3. The summed E-state index contributed by atoms with van der Waals surface area (Å²) in [5, 5.41) is 7.30. The number of para-hydroxylation sites is 2. The van der Waals surface area contributed by atoms with E-state index in [2.05, 4.69) is 103 Å². The molecule has 0 unspecified atom stereocenters. The number of halogens is 1. The summed E-state index contributed by atoms with van der Waals surface area (Å²) >= 11 is 7.04. The first-order valence-corrected chi connectivity index (χ1v) is 15.0. The number of hydrogen-bond donors (Lipinski definition) is 0. The van der Waals surface area contributed by atoms with Crippen LogP contribution in [0.3, 0.4) is 0 Å². The molecule has 1 aliphatic rings. The maximum absolute atomic E-state index is 7.04. The summed E-state index contributed by atoms with van der Waals surface area (Å²) in [6, 6.07) is 38.6. The van der Waals surface area contributed by atoms with Gasteiger partial charge in [0.05, 0.1) is 16.1 Å². The zero-order valence-electron chi connectivity index (χ0n) is 23.5. The fraction of sp³-hybridized carbons (Fsp3) is 0.0769. The van der Waals surface area contributed by atoms with Gasteiger partial charge in [-0.05, 0) is 70.8 Å². The van der Waals surface area contributed by atoms with Gasteiger partial charge in [-0.3, -0.25) is 0 Å². The van der Waals surface area contributed by atoms with Crippen molar-refractivity contribution in [3.63, 3.8) is 0 Å². The van der Waals surface area contributed by atoms with Gasteiger partial charge in [-0.1, -0.05) is 86.1 Å². The minimum atomic E-state index is -0.118. The van der Waals surface area contributed by atoms with Crippen LogP contribution < -0.4 is 0 Å². The molecule has 0 N–H and O–H groups in total. The van der Waals surface area contributed by atoms with Crippen LogP contribution in [-0.2, 0) is 5.41 Å². The van der Waals surface area contributed by atoms with Crippen molar-refractivity contribution >= 4 is 77.3 Å². The number of fused-ring (bicyclic) bond motifs is 13. The summed E-state index contributed by atoms with van der Waals surface area (Å²) in [7, 11) is 0. The van der Waals surface area contributed by atoms with Crippen molar-refractivity contribution in [2.75, 3.05) is 0 Å². The number of aromatic nitrogens is 1. The smallest absolute Gasteiger partial charge is 0.154 e. The quantitative estimate of drug-likeness (QED) is 0.195. The fourth-order valence-electron chi connectivity index (χ4n) is 7.68. The first-order chi connectivity index (χ1) is 21.0. The molecule has 0 atom stereocenters. The molecule has 9 aromatic rings. The Labute approximate surface area is 251 Å². The molecule has 4 heteroatoms. The van der Waals surface area contributed by atoms with Crippen molar-refractivity contribution in [3.8, 4) is 16.8 Å². The zero-order chi connectivity index (χ0) is 28.6. The van der Waals surface area contributed by atoms with E-state index >= 15 is 0 Å². The van der Waals surface area contributed by atoms with Crippen molar-refractivity contribution in [3.05, 3.63) is 125 Å². The lowest BCUT2D eigenvalue weighted by atomic mass is 9.82. The first kappa shape index (κ1) is 23.6. The summed E-state index contributed by atoms with van der Waals surface area (Å²) in [4.78, 5) is 0. The molecule has 10 rings (SSSR count). The summed E-state index contributed by atoms with van der Waals surface area (Å²) < 4.78 is 14.9. The standard InChI is InChI=1S/C39H24ClNO2/c1-39(2)28-12-6-3-9-22(28)25-19-31-27(18-29(25)39)36-32(20-30(40)38-37(36)24-11-5-8-14-34(24)43-38)41(31)21-15-16-35-26(17-21)23-10-4-7-13-33(23)42-35/h3-20H,1-2H3. The summed E-state index contributed by atoms with van der Waals surface area (Å²) in [5.41, 5.74) is 11.8. The van der Waals surface area contributed by atoms with Crippen molar-refractivity contribution in [2.24, 2.45) is 0 Å². The Balaban J connectivity index is 1.42. The molecule has 0 fully saturated rings. The number of hydrogen-bond acceptors (Lipinski definition) is 2. The molecule has 0 amide bonds. The van der Waals surface area contributed by atoms with Crippen LogP contribution in [0.25, 0.3) is 82.5 Å². The van der Waals surface area contributed by atoms with Crippen LogP contribution in [0.15, 0.2) is 118 Å². The Morgan fingerprint density at radius 1 is 0.558 bits per heavy atom. The maximum Gasteiger partial charge on any atom is 0.154 e. The Bertz CT molecular complexity index is 2660.